The minimum atomic E-state index is -0.495. The first-order chi connectivity index (χ1) is 2.27. The second kappa shape index (κ2) is 2.24. The first kappa shape index (κ1) is 4.99. The molecule has 0 rings (SSSR count). The van der Waals surface area contributed by atoms with Gasteiger partial charge < -0.3 is 0 Å². The molecule has 0 aromatic rings. The monoisotopic (exact) mass is 115 g/mol. The summed E-state index contributed by atoms with van der Waals surface area (Å²) in [7, 11) is 1.29. The van der Waals surface area contributed by atoms with Crippen LogP contribution in [0.25, 0.3) is 0 Å². The molecule has 0 saturated heterocycles. The van der Waals surface area contributed by atoms with Crippen molar-refractivity contribution in [3.63, 3.8) is 0 Å². The first-order valence-corrected chi connectivity index (χ1v) is 1.55. The van der Waals surface area contributed by atoms with Gasteiger partial charge in [0.05, 0.1) is 0 Å². The second-order valence-electron chi connectivity index (χ2n) is 0.432. The first-order valence-electron chi connectivity index (χ1n) is 0.993. The average molecular weight is 115 g/mol. The molecular weight excluding hydrogens is 112 g/mol. The molecule has 5 heavy (non-hydrogen) atoms. The van der Waals surface area contributed by atoms with Crippen LogP contribution in [0.2, 0.25) is 0 Å². The Kier molecular flexibility index (Phi) is 2.24. The summed E-state index contributed by atoms with van der Waals surface area (Å²) in [5.74, 6) is 0. The van der Waals surface area contributed by atoms with Gasteiger partial charge in [0.25, 0.3) is 0 Å². The van der Waals surface area contributed by atoms with Gasteiger partial charge in [-0.3, -0.25) is 0 Å². The number of rotatable bonds is 0. The molecule has 3 heteroatoms. The summed E-state index contributed by atoms with van der Waals surface area (Å²) in [5, 5.41) is 0. The molecule has 2 nitrogen and oxygen atoms in total. The third-order valence-corrected chi connectivity index (χ3v) is 0.381. The summed E-state index contributed by atoms with van der Waals surface area (Å²) in [4.78, 5) is 8.98. The van der Waals surface area contributed by atoms with E-state index >= 15 is 0 Å². The summed E-state index contributed by atoms with van der Waals surface area (Å²) in [6.45, 7) is 0. The van der Waals surface area contributed by atoms with Crippen LogP contribution in [-0.4, -0.2) is 12.0 Å². The van der Waals surface area contributed by atoms with E-state index in [2.05, 4.69) is 20.7 Å². The molecule has 0 radical (unpaired) electrons. The van der Waals surface area contributed by atoms with Crippen molar-refractivity contribution in [3.05, 3.63) is 0 Å². The molecule has 0 amide bonds. The molecule has 31 valence electrons. The van der Waals surface area contributed by atoms with Gasteiger partial charge in [0.1, 0.15) is 0 Å². The van der Waals surface area contributed by atoms with E-state index < -0.39 is 4.87 Å². The Balaban J connectivity index is 2.85. The van der Waals surface area contributed by atoms with Crippen LogP contribution in [0.3, 0.4) is 0 Å². The molecule has 0 fully saturated rings. The van der Waals surface area contributed by atoms with E-state index in [1.54, 1.807) is 0 Å². The zero-order valence-corrected chi connectivity index (χ0v) is 3.77. The van der Waals surface area contributed by atoms with E-state index in [9.17, 15) is 4.79 Å². The van der Waals surface area contributed by atoms with E-state index in [0.29, 0.717) is 0 Å². The van der Waals surface area contributed by atoms with Gasteiger partial charge in [-0.2, -0.15) is 0 Å². The summed E-state index contributed by atoms with van der Waals surface area (Å²) in [6.07, 6.45) is 0. The topological polar surface area (TPSA) is 26.3 Å². The number of carbonyl (C=O) groups is 1. The quantitative estimate of drug-likeness (QED) is 0.424. The molecule has 0 aromatic heterocycles. The number of carbonyl (C=O) groups excluding carboxylic acids is 1. The van der Waals surface area contributed by atoms with Crippen LogP contribution in [0, 0.1) is 0 Å². The molecule has 0 unspecified atom stereocenters. The van der Waals surface area contributed by atoms with Crippen LogP contribution in [0.4, 0.5) is 4.79 Å². The molecule has 0 heterocycles. The fraction of sp³-hybridized carbons (Fsp3) is 0.500. The van der Waals surface area contributed by atoms with Crippen molar-refractivity contribution in [2.24, 2.45) is 0 Å². The van der Waals surface area contributed by atoms with Crippen molar-refractivity contribution in [2.45, 2.75) is 0 Å². The van der Waals surface area contributed by atoms with E-state index in [-0.39, 0.29) is 0 Å². The van der Waals surface area contributed by atoms with Crippen molar-refractivity contribution in [1.29, 1.82) is 0 Å². The summed E-state index contributed by atoms with van der Waals surface area (Å²) in [5.41, 5.74) is 0. The molecule has 0 N–H and O–H groups in total. The van der Waals surface area contributed by atoms with Crippen molar-refractivity contribution >= 4 is 4.87 Å². The minimum absolute atomic E-state index is 0.495. The van der Waals surface area contributed by atoms with Crippen LogP contribution in [-0.2, 0) is 20.7 Å². The maximum absolute atomic E-state index is 9.48. The number of ether oxygens (including phenoxy) is 1. The van der Waals surface area contributed by atoms with E-state index in [4.69, 9.17) is 0 Å². The third-order valence-electron chi connectivity index (χ3n) is 0.156. The normalized spacial score (nSPS) is 6.80. The molecule has 0 bridgehead atoms. The molecule has 0 aliphatic rings. The van der Waals surface area contributed by atoms with Crippen LogP contribution in [0.5, 0.6) is 0 Å². The van der Waals surface area contributed by atoms with Gasteiger partial charge >= 0.3 is 37.5 Å². The molecule has 0 aliphatic carbocycles. The van der Waals surface area contributed by atoms with Crippen LogP contribution in [0.1, 0.15) is 0 Å². The Morgan fingerprint density at radius 2 is 2.20 bits per heavy atom. The van der Waals surface area contributed by atoms with Crippen LogP contribution < -0.4 is 0 Å². The zero-order chi connectivity index (χ0) is 4.28. The van der Waals surface area contributed by atoms with Crippen molar-refractivity contribution in [1.82, 2.24) is 0 Å². The van der Waals surface area contributed by atoms with Gasteiger partial charge in [0.2, 0.25) is 0 Å². The predicted octanol–water partition coefficient (Wildman–Crippen LogP) is 0.300. The fourth-order valence-electron chi connectivity index (χ4n) is 0. The fourth-order valence-corrected chi connectivity index (χ4v) is 0. The molecule has 0 spiro atoms. The van der Waals surface area contributed by atoms with Gasteiger partial charge in [0.15, 0.2) is 0 Å². The molecule has 0 aliphatic heterocycles. The maximum atomic E-state index is 9.48. The van der Waals surface area contributed by atoms with Crippen molar-refractivity contribution < 1.29 is 25.5 Å². The van der Waals surface area contributed by atoms with Gasteiger partial charge in [-0.15, -0.1) is 0 Å². The van der Waals surface area contributed by atoms with Crippen molar-refractivity contribution in [2.75, 3.05) is 7.11 Å². The van der Waals surface area contributed by atoms with Gasteiger partial charge in [0, 0.05) is 0 Å². The van der Waals surface area contributed by atoms with E-state index in [1.165, 1.54) is 7.11 Å². The van der Waals surface area contributed by atoms with Gasteiger partial charge in [-0.05, 0) is 0 Å². The Morgan fingerprint density at radius 1 is 2.00 bits per heavy atom. The molecular formula is C2H3FeO2. The van der Waals surface area contributed by atoms with Gasteiger partial charge in [-0.25, -0.2) is 0 Å². The third kappa shape index (κ3) is 3.99. The standard InChI is InChI=1S/C2H3O2.Fe/c1-4-2-3;/h1H3;. The second-order valence-corrected chi connectivity index (χ2v) is 0.883. The van der Waals surface area contributed by atoms with Crippen LogP contribution >= 0.6 is 0 Å². The SMILES string of the molecule is CO[C](=O)[Fe]. The number of hydrogen-bond acceptors (Lipinski definition) is 2. The number of hydrogen-bond donors (Lipinski definition) is 0. The number of methoxy groups -OCH3 is 1. The van der Waals surface area contributed by atoms with Gasteiger partial charge in [-0.1, -0.05) is 0 Å². The average Bonchev–Trinajstić information content (AvgIpc) is 1.38. The van der Waals surface area contributed by atoms with E-state index in [0.717, 1.165) is 0 Å². The summed E-state index contributed by atoms with van der Waals surface area (Å²) >= 11 is 2.90. The Bertz CT molecular complexity index is 42.9. The molecule has 0 atom stereocenters. The Hall–Kier alpha value is -0.0105. The zero-order valence-electron chi connectivity index (χ0n) is 2.67. The Morgan fingerprint density at radius 3 is 2.20 bits per heavy atom. The summed E-state index contributed by atoms with van der Waals surface area (Å²) < 4.78 is 4.00. The van der Waals surface area contributed by atoms with E-state index in [1.807, 2.05) is 0 Å². The summed E-state index contributed by atoms with van der Waals surface area (Å²) in [6, 6.07) is 0. The molecule has 0 aromatic carbocycles. The van der Waals surface area contributed by atoms with Crippen LogP contribution in [0.15, 0.2) is 0 Å². The molecule has 0 saturated carbocycles. The predicted molar refractivity (Wildman–Crippen MR) is 12.4 cm³/mol. The van der Waals surface area contributed by atoms with Crippen molar-refractivity contribution in [3.8, 4) is 0 Å². The Labute approximate surface area is 38.3 Å².